The third-order valence-corrected chi connectivity index (χ3v) is 5.56. The van der Waals surface area contributed by atoms with Crippen LogP contribution in [0.1, 0.15) is 30.5 Å². The van der Waals surface area contributed by atoms with Gasteiger partial charge in [-0.05, 0) is 68.9 Å². The van der Waals surface area contributed by atoms with E-state index in [4.69, 9.17) is 0 Å². The first kappa shape index (κ1) is 19.6. The molecule has 0 saturated heterocycles. The molecule has 0 amide bonds. The molecule has 0 aliphatic rings. The number of rotatable bonds is 8. The fraction of sp³-hybridized carbons (Fsp3) is 0.368. The molecular weight excluding hydrogens is 339 g/mol. The summed E-state index contributed by atoms with van der Waals surface area (Å²) < 4.78 is 41.4. The van der Waals surface area contributed by atoms with Gasteiger partial charge in [-0.2, -0.15) is 0 Å². The van der Waals surface area contributed by atoms with Crippen LogP contribution in [0.5, 0.6) is 0 Å². The van der Waals surface area contributed by atoms with Crippen LogP contribution < -0.4 is 4.72 Å². The normalized spacial score (nSPS) is 13.2. The second kappa shape index (κ2) is 8.56. The molecule has 0 bridgehead atoms. The van der Waals surface area contributed by atoms with Gasteiger partial charge in [0.1, 0.15) is 5.82 Å². The number of aryl methyl sites for hydroxylation is 1. The highest BCUT2D eigenvalue weighted by Gasteiger charge is 2.21. The van der Waals surface area contributed by atoms with Crippen LogP contribution in [0.2, 0.25) is 0 Å². The van der Waals surface area contributed by atoms with Crippen molar-refractivity contribution in [1.82, 2.24) is 9.62 Å². The van der Waals surface area contributed by atoms with Crippen LogP contribution in [0.3, 0.4) is 0 Å². The average molecular weight is 364 g/mol. The van der Waals surface area contributed by atoms with Crippen LogP contribution in [0.4, 0.5) is 4.39 Å². The van der Waals surface area contributed by atoms with Crippen molar-refractivity contribution in [3.05, 3.63) is 65.5 Å². The van der Waals surface area contributed by atoms with E-state index in [1.165, 1.54) is 12.1 Å². The summed E-state index contributed by atoms with van der Waals surface area (Å²) in [6.45, 7) is 2.73. The Kier molecular flexibility index (Phi) is 6.70. The molecule has 0 aliphatic heterocycles. The van der Waals surface area contributed by atoms with Crippen molar-refractivity contribution in [2.24, 2.45) is 0 Å². The fourth-order valence-electron chi connectivity index (χ4n) is 2.54. The molecule has 25 heavy (non-hydrogen) atoms. The molecule has 136 valence electrons. The molecule has 0 aliphatic carbocycles. The van der Waals surface area contributed by atoms with E-state index in [1.807, 2.05) is 38.1 Å². The molecule has 2 aromatic carbocycles. The Labute approximate surface area is 149 Å². The molecule has 2 aromatic rings. The maximum absolute atomic E-state index is 13.2. The van der Waals surface area contributed by atoms with Crippen LogP contribution in [-0.2, 0) is 16.4 Å². The number of hydrogen-bond donors (Lipinski definition) is 1. The van der Waals surface area contributed by atoms with Crippen LogP contribution >= 0.6 is 0 Å². The second-order valence-corrected chi connectivity index (χ2v) is 8.03. The lowest BCUT2D eigenvalue weighted by molar-refractivity contribution is 0.375. The Morgan fingerprint density at radius 1 is 1.04 bits per heavy atom. The molecule has 0 saturated carbocycles. The SMILES string of the molecule is CCc1ccc(S(=O)(=O)NC(CCN(C)C)c2ccc(F)cc2)cc1. The Morgan fingerprint density at radius 2 is 1.64 bits per heavy atom. The number of benzene rings is 2. The number of nitrogens with zero attached hydrogens (tertiary/aromatic N) is 1. The van der Waals surface area contributed by atoms with Crippen molar-refractivity contribution in [3.8, 4) is 0 Å². The Morgan fingerprint density at radius 3 is 2.16 bits per heavy atom. The highest BCUT2D eigenvalue weighted by Crippen LogP contribution is 2.21. The Balaban J connectivity index is 2.25. The molecule has 1 unspecified atom stereocenters. The molecule has 0 fully saturated rings. The van der Waals surface area contributed by atoms with E-state index in [1.54, 1.807) is 24.3 Å². The van der Waals surface area contributed by atoms with E-state index in [-0.39, 0.29) is 10.7 Å². The number of halogens is 1. The van der Waals surface area contributed by atoms with E-state index >= 15 is 0 Å². The standard InChI is InChI=1S/C19H25FN2O2S/c1-4-15-5-11-18(12-6-15)25(23,24)21-19(13-14-22(2)3)16-7-9-17(20)10-8-16/h5-12,19,21H,4,13-14H2,1-3H3. The van der Waals surface area contributed by atoms with Crippen molar-refractivity contribution < 1.29 is 12.8 Å². The molecular formula is C19H25FN2O2S. The molecule has 4 nitrogen and oxygen atoms in total. The van der Waals surface area contributed by atoms with Crippen LogP contribution in [0.25, 0.3) is 0 Å². The third-order valence-electron chi connectivity index (χ3n) is 4.08. The summed E-state index contributed by atoms with van der Waals surface area (Å²) in [7, 11) is 0.208. The first-order valence-electron chi connectivity index (χ1n) is 8.33. The first-order valence-corrected chi connectivity index (χ1v) is 9.81. The number of nitrogens with one attached hydrogen (secondary N) is 1. The lowest BCUT2D eigenvalue weighted by atomic mass is 10.0. The highest BCUT2D eigenvalue weighted by molar-refractivity contribution is 7.89. The van der Waals surface area contributed by atoms with Crippen molar-refractivity contribution in [3.63, 3.8) is 0 Å². The minimum atomic E-state index is -3.65. The molecule has 0 heterocycles. The van der Waals surface area contributed by atoms with Crippen LogP contribution in [0.15, 0.2) is 53.4 Å². The van der Waals surface area contributed by atoms with E-state index < -0.39 is 16.1 Å². The third kappa shape index (κ3) is 5.63. The van der Waals surface area contributed by atoms with Crippen molar-refractivity contribution >= 4 is 10.0 Å². The topological polar surface area (TPSA) is 49.4 Å². The molecule has 1 atom stereocenters. The highest BCUT2D eigenvalue weighted by atomic mass is 32.2. The van der Waals surface area contributed by atoms with Gasteiger partial charge in [-0.1, -0.05) is 31.2 Å². The summed E-state index contributed by atoms with van der Waals surface area (Å²) in [6.07, 6.45) is 1.44. The summed E-state index contributed by atoms with van der Waals surface area (Å²) in [5.74, 6) is -0.340. The molecule has 0 spiro atoms. The van der Waals surface area contributed by atoms with Gasteiger partial charge in [0, 0.05) is 6.04 Å². The van der Waals surface area contributed by atoms with Crippen molar-refractivity contribution in [1.29, 1.82) is 0 Å². The van der Waals surface area contributed by atoms with Gasteiger partial charge in [0.15, 0.2) is 0 Å². The maximum atomic E-state index is 13.2. The summed E-state index contributed by atoms with van der Waals surface area (Å²) >= 11 is 0. The molecule has 0 aromatic heterocycles. The van der Waals surface area contributed by atoms with E-state index in [0.29, 0.717) is 13.0 Å². The quantitative estimate of drug-likeness (QED) is 0.781. The van der Waals surface area contributed by atoms with E-state index in [0.717, 1.165) is 17.5 Å². The fourth-order valence-corrected chi connectivity index (χ4v) is 3.79. The number of hydrogen-bond acceptors (Lipinski definition) is 3. The zero-order chi connectivity index (χ0) is 18.4. The van der Waals surface area contributed by atoms with Gasteiger partial charge in [-0.25, -0.2) is 17.5 Å². The minimum absolute atomic E-state index is 0.238. The van der Waals surface area contributed by atoms with Gasteiger partial charge >= 0.3 is 0 Å². The van der Waals surface area contributed by atoms with Crippen LogP contribution in [-0.4, -0.2) is 34.0 Å². The molecule has 2 rings (SSSR count). The molecule has 0 radical (unpaired) electrons. The Hall–Kier alpha value is -1.76. The first-order chi connectivity index (χ1) is 11.8. The zero-order valence-electron chi connectivity index (χ0n) is 14.9. The van der Waals surface area contributed by atoms with Crippen molar-refractivity contribution in [2.45, 2.75) is 30.7 Å². The summed E-state index contributed by atoms with van der Waals surface area (Å²) in [4.78, 5) is 2.22. The maximum Gasteiger partial charge on any atom is 0.241 e. The summed E-state index contributed by atoms with van der Waals surface area (Å²) in [6, 6.07) is 12.4. The zero-order valence-corrected chi connectivity index (χ0v) is 15.7. The van der Waals surface area contributed by atoms with E-state index in [2.05, 4.69) is 4.72 Å². The molecule has 1 N–H and O–H groups in total. The monoisotopic (exact) mass is 364 g/mol. The summed E-state index contributed by atoms with van der Waals surface area (Å²) in [5.41, 5.74) is 1.83. The Bertz CT molecular complexity index is 772. The predicted octanol–water partition coefficient (Wildman–Crippen LogP) is 3.36. The van der Waals surface area contributed by atoms with Gasteiger partial charge in [-0.3, -0.25) is 0 Å². The second-order valence-electron chi connectivity index (χ2n) is 6.31. The molecule has 6 heteroatoms. The van der Waals surface area contributed by atoms with Gasteiger partial charge in [-0.15, -0.1) is 0 Å². The number of sulfonamides is 1. The van der Waals surface area contributed by atoms with E-state index in [9.17, 15) is 12.8 Å². The van der Waals surface area contributed by atoms with Crippen molar-refractivity contribution in [2.75, 3.05) is 20.6 Å². The average Bonchev–Trinajstić information content (AvgIpc) is 2.59. The van der Waals surface area contributed by atoms with Gasteiger partial charge in [0.2, 0.25) is 10.0 Å². The smallest absolute Gasteiger partial charge is 0.241 e. The van der Waals surface area contributed by atoms with Gasteiger partial charge < -0.3 is 4.90 Å². The largest absolute Gasteiger partial charge is 0.309 e. The lowest BCUT2D eigenvalue weighted by Crippen LogP contribution is -2.31. The minimum Gasteiger partial charge on any atom is -0.309 e. The summed E-state index contributed by atoms with van der Waals surface area (Å²) in [5, 5.41) is 0. The van der Waals surface area contributed by atoms with Crippen LogP contribution in [0, 0.1) is 5.82 Å². The lowest BCUT2D eigenvalue weighted by Gasteiger charge is -2.21. The predicted molar refractivity (Wildman–Crippen MR) is 98.5 cm³/mol. The van der Waals surface area contributed by atoms with Gasteiger partial charge in [0.05, 0.1) is 4.90 Å². The van der Waals surface area contributed by atoms with Gasteiger partial charge in [0.25, 0.3) is 0 Å².